The molecular formula is C7H4F5NO3. The number of Topliss-reactive ketones (excluding diaryl/α,β-unsaturated/α-hetero) is 2. The van der Waals surface area contributed by atoms with E-state index in [1.165, 1.54) is 0 Å². The predicted molar refractivity (Wildman–Crippen MR) is 37.6 cm³/mol. The smallest absolute Gasteiger partial charge is 0.320 e. The van der Waals surface area contributed by atoms with Gasteiger partial charge in [0.05, 0.1) is 13.1 Å². The Hall–Kier alpha value is -1.54. The number of piperidine rings is 1. The normalized spacial score (nSPS) is 21.2. The molecule has 16 heavy (non-hydrogen) atoms. The standard InChI is InChI=1S/C7H4F5NO3/c8-6(9)3(14)1-13(2-4(6)15)5(16)7(10,11)12/h1-2H2. The summed E-state index contributed by atoms with van der Waals surface area (Å²) in [7, 11) is 0. The molecule has 0 aromatic carbocycles. The first kappa shape index (κ1) is 12.5. The number of alkyl halides is 5. The van der Waals surface area contributed by atoms with Crippen LogP contribution in [-0.4, -0.2) is 47.6 Å². The van der Waals surface area contributed by atoms with Crippen molar-refractivity contribution >= 4 is 17.5 Å². The molecule has 1 saturated heterocycles. The van der Waals surface area contributed by atoms with E-state index in [2.05, 4.69) is 0 Å². The van der Waals surface area contributed by atoms with E-state index in [1.807, 2.05) is 0 Å². The van der Waals surface area contributed by atoms with E-state index in [1.54, 1.807) is 0 Å². The maximum absolute atomic E-state index is 12.6. The molecule has 0 atom stereocenters. The van der Waals surface area contributed by atoms with Crippen molar-refractivity contribution in [3.63, 3.8) is 0 Å². The van der Waals surface area contributed by atoms with Gasteiger partial charge >= 0.3 is 18.0 Å². The molecular weight excluding hydrogens is 241 g/mol. The van der Waals surface area contributed by atoms with Crippen LogP contribution in [0.2, 0.25) is 0 Å². The molecule has 1 heterocycles. The molecule has 0 radical (unpaired) electrons. The van der Waals surface area contributed by atoms with Crippen molar-refractivity contribution in [1.82, 2.24) is 4.90 Å². The number of likely N-dealkylation sites (tertiary alicyclic amines) is 1. The highest BCUT2D eigenvalue weighted by Gasteiger charge is 2.54. The zero-order valence-corrected chi connectivity index (χ0v) is 7.48. The van der Waals surface area contributed by atoms with Gasteiger partial charge in [-0.2, -0.15) is 22.0 Å². The summed E-state index contributed by atoms with van der Waals surface area (Å²) < 4.78 is 60.9. The van der Waals surface area contributed by atoms with Crippen molar-refractivity contribution in [3.8, 4) is 0 Å². The van der Waals surface area contributed by atoms with Crippen molar-refractivity contribution in [3.05, 3.63) is 0 Å². The Morgan fingerprint density at radius 1 is 1.12 bits per heavy atom. The molecule has 1 aliphatic heterocycles. The van der Waals surface area contributed by atoms with Gasteiger partial charge in [-0.05, 0) is 0 Å². The number of hydrogen-bond donors (Lipinski definition) is 0. The van der Waals surface area contributed by atoms with Crippen molar-refractivity contribution in [2.24, 2.45) is 0 Å². The largest absolute Gasteiger partial charge is 0.471 e. The molecule has 0 aromatic heterocycles. The average Bonchev–Trinajstić information content (AvgIpc) is 2.11. The molecule has 0 aliphatic carbocycles. The topological polar surface area (TPSA) is 54.5 Å². The van der Waals surface area contributed by atoms with Gasteiger partial charge < -0.3 is 4.90 Å². The van der Waals surface area contributed by atoms with E-state index in [4.69, 9.17) is 0 Å². The van der Waals surface area contributed by atoms with Crippen LogP contribution < -0.4 is 0 Å². The molecule has 1 fully saturated rings. The Morgan fingerprint density at radius 2 is 1.50 bits per heavy atom. The van der Waals surface area contributed by atoms with E-state index >= 15 is 0 Å². The average molecular weight is 245 g/mol. The Bertz CT molecular complexity index is 342. The van der Waals surface area contributed by atoms with Crippen LogP contribution in [0.25, 0.3) is 0 Å². The van der Waals surface area contributed by atoms with E-state index in [0.717, 1.165) is 0 Å². The lowest BCUT2D eigenvalue weighted by atomic mass is 10.0. The second-order valence-electron chi connectivity index (χ2n) is 3.08. The third-order valence-electron chi connectivity index (χ3n) is 1.90. The van der Waals surface area contributed by atoms with Crippen LogP contribution in [0.1, 0.15) is 0 Å². The van der Waals surface area contributed by atoms with Crippen LogP contribution in [0.4, 0.5) is 22.0 Å². The summed E-state index contributed by atoms with van der Waals surface area (Å²) >= 11 is 0. The highest BCUT2D eigenvalue weighted by atomic mass is 19.4. The van der Waals surface area contributed by atoms with Gasteiger partial charge in [0.15, 0.2) is 0 Å². The molecule has 0 bridgehead atoms. The molecule has 0 N–H and O–H groups in total. The Kier molecular flexibility index (Phi) is 2.74. The molecule has 0 saturated carbocycles. The number of hydrogen-bond acceptors (Lipinski definition) is 3. The lowest BCUT2D eigenvalue weighted by molar-refractivity contribution is -0.191. The van der Waals surface area contributed by atoms with Gasteiger partial charge in [-0.1, -0.05) is 0 Å². The van der Waals surface area contributed by atoms with Crippen LogP contribution in [0.5, 0.6) is 0 Å². The van der Waals surface area contributed by atoms with Crippen molar-refractivity contribution in [2.45, 2.75) is 12.1 Å². The summed E-state index contributed by atoms with van der Waals surface area (Å²) in [4.78, 5) is 31.6. The first-order chi connectivity index (χ1) is 7.06. The molecule has 90 valence electrons. The van der Waals surface area contributed by atoms with E-state index in [0.29, 0.717) is 0 Å². The Balaban J connectivity index is 2.88. The minimum absolute atomic E-state index is 0.248. The van der Waals surface area contributed by atoms with Gasteiger partial charge in [-0.15, -0.1) is 0 Å². The van der Waals surface area contributed by atoms with Crippen LogP contribution >= 0.6 is 0 Å². The minimum Gasteiger partial charge on any atom is -0.320 e. The fraction of sp³-hybridized carbons (Fsp3) is 0.571. The molecule has 1 amide bonds. The Labute approximate surface area is 85.0 Å². The predicted octanol–water partition coefficient (Wildman–Crippen LogP) is 0.164. The molecule has 1 rings (SSSR count). The quantitative estimate of drug-likeness (QED) is 0.451. The zero-order chi connectivity index (χ0) is 12.7. The summed E-state index contributed by atoms with van der Waals surface area (Å²) in [6.07, 6.45) is -5.30. The first-order valence-corrected chi connectivity index (χ1v) is 3.87. The van der Waals surface area contributed by atoms with E-state index < -0.39 is 42.7 Å². The summed E-state index contributed by atoms with van der Waals surface area (Å²) in [5.41, 5.74) is 0. The van der Waals surface area contributed by atoms with Crippen LogP contribution in [-0.2, 0) is 14.4 Å². The molecule has 0 aromatic rings. The van der Waals surface area contributed by atoms with Crippen LogP contribution in [0.15, 0.2) is 0 Å². The van der Waals surface area contributed by atoms with Gasteiger partial charge in [0.25, 0.3) is 0 Å². The van der Waals surface area contributed by atoms with Gasteiger partial charge in [0.1, 0.15) is 0 Å². The number of halogens is 5. The minimum atomic E-state index is -5.30. The van der Waals surface area contributed by atoms with Gasteiger partial charge in [-0.25, -0.2) is 0 Å². The van der Waals surface area contributed by atoms with Crippen molar-refractivity contribution < 1.29 is 36.3 Å². The second-order valence-corrected chi connectivity index (χ2v) is 3.08. The molecule has 0 spiro atoms. The number of ketones is 2. The Morgan fingerprint density at radius 3 is 1.81 bits per heavy atom. The van der Waals surface area contributed by atoms with Crippen LogP contribution in [0.3, 0.4) is 0 Å². The van der Waals surface area contributed by atoms with E-state index in [9.17, 15) is 36.3 Å². The zero-order valence-electron chi connectivity index (χ0n) is 7.48. The fourth-order valence-electron chi connectivity index (χ4n) is 1.08. The summed E-state index contributed by atoms with van der Waals surface area (Å²) in [6, 6.07) is 0. The molecule has 9 heteroatoms. The molecule has 1 aliphatic rings. The van der Waals surface area contributed by atoms with Crippen LogP contribution in [0, 0.1) is 0 Å². The van der Waals surface area contributed by atoms with Crippen molar-refractivity contribution in [2.75, 3.05) is 13.1 Å². The van der Waals surface area contributed by atoms with E-state index in [-0.39, 0.29) is 4.90 Å². The maximum atomic E-state index is 12.6. The van der Waals surface area contributed by atoms with Gasteiger partial charge in [0, 0.05) is 0 Å². The highest BCUT2D eigenvalue weighted by Crippen LogP contribution is 2.25. The van der Waals surface area contributed by atoms with Gasteiger partial charge in [-0.3, -0.25) is 14.4 Å². The number of nitrogens with zero attached hydrogens (tertiary/aromatic N) is 1. The SMILES string of the molecule is O=C(N1CC(=O)C(F)(F)C(=O)C1)C(F)(F)F. The lowest BCUT2D eigenvalue weighted by Gasteiger charge is -2.29. The van der Waals surface area contributed by atoms with Gasteiger partial charge in [0.2, 0.25) is 11.6 Å². The second kappa shape index (κ2) is 3.49. The number of rotatable bonds is 0. The number of amides is 1. The lowest BCUT2D eigenvalue weighted by Crippen LogP contribution is -2.58. The third kappa shape index (κ3) is 2.02. The third-order valence-corrected chi connectivity index (χ3v) is 1.90. The summed E-state index contributed by atoms with van der Waals surface area (Å²) in [6.45, 7) is -2.84. The summed E-state index contributed by atoms with van der Waals surface area (Å²) in [5.74, 6) is -10.8. The monoisotopic (exact) mass is 245 g/mol. The molecule has 0 unspecified atom stereocenters. The van der Waals surface area contributed by atoms with Crippen molar-refractivity contribution in [1.29, 1.82) is 0 Å². The summed E-state index contributed by atoms with van der Waals surface area (Å²) in [5, 5.41) is 0. The fourth-order valence-corrected chi connectivity index (χ4v) is 1.08. The number of carbonyl (C=O) groups excluding carboxylic acids is 3. The maximum Gasteiger partial charge on any atom is 0.471 e. The first-order valence-electron chi connectivity index (χ1n) is 3.87. The highest BCUT2D eigenvalue weighted by molar-refractivity contribution is 6.13. The number of carbonyl (C=O) groups is 3. The molecule has 4 nitrogen and oxygen atoms in total.